The Morgan fingerprint density at radius 3 is 0.240 bits per heavy atom. The number of hydrogen-bond donors (Lipinski definition) is 0. The van der Waals surface area contributed by atoms with Crippen LogP contribution in [0.5, 0.6) is 0 Å². The highest BCUT2D eigenvalue weighted by molar-refractivity contribution is 5.92. The van der Waals surface area contributed by atoms with E-state index in [2.05, 4.69) is 400 Å². The van der Waals surface area contributed by atoms with Crippen LogP contribution in [0, 0.1) is 0 Å². The largest absolute Gasteiger partial charge is 0.0622 e. The monoisotopic (exact) mass is 1220 g/mol. The molecule has 0 bridgehead atoms. The van der Waals surface area contributed by atoms with Gasteiger partial charge in [0.25, 0.3) is 0 Å². The van der Waals surface area contributed by atoms with Crippen molar-refractivity contribution >= 4 is 0 Å². The van der Waals surface area contributed by atoms with E-state index in [1.165, 1.54) is 66.8 Å². The molecule has 0 spiro atoms. The molecule has 0 amide bonds. The highest BCUT2D eigenvalue weighted by atomic mass is 14.2. The summed E-state index contributed by atoms with van der Waals surface area (Å²) in [6.45, 7) is 0. The smallest absolute Gasteiger partial charge is 0.0171 e. The van der Waals surface area contributed by atoms with Crippen LogP contribution in [0.4, 0.5) is 0 Å². The van der Waals surface area contributed by atoms with Crippen molar-refractivity contribution in [1.29, 1.82) is 0 Å². The van der Waals surface area contributed by atoms with E-state index in [1.54, 1.807) is 0 Å². The van der Waals surface area contributed by atoms with E-state index >= 15 is 0 Å². The summed E-state index contributed by atoms with van der Waals surface area (Å²) >= 11 is 0. The molecule has 0 aliphatic rings. The molecular weight excluding hydrogens is 1150 g/mol. The highest BCUT2D eigenvalue weighted by Crippen LogP contribution is 2.43. The van der Waals surface area contributed by atoms with Crippen LogP contribution < -0.4 is 0 Å². The number of rotatable bonds is 15. The second-order valence-electron chi connectivity index (χ2n) is 24.9. The first-order valence-corrected chi connectivity index (χ1v) is 33.1. The fraction of sp³-hybridized carbons (Fsp3) is 0. The van der Waals surface area contributed by atoms with E-state index in [4.69, 9.17) is 0 Å². The fourth-order valence-corrected chi connectivity index (χ4v) is 13.4. The van der Waals surface area contributed by atoms with E-state index in [9.17, 15) is 0 Å². The summed E-state index contributed by atoms with van der Waals surface area (Å²) < 4.78 is 0. The number of hydrogen-bond acceptors (Lipinski definition) is 0. The summed E-state index contributed by atoms with van der Waals surface area (Å²) in [6.07, 6.45) is 0. The third-order valence-corrected chi connectivity index (χ3v) is 18.7. The lowest BCUT2D eigenvalue weighted by Crippen LogP contribution is -1.92. The van der Waals surface area contributed by atoms with Gasteiger partial charge in [0.1, 0.15) is 0 Å². The van der Waals surface area contributed by atoms with Crippen LogP contribution in [-0.4, -0.2) is 0 Å². The second kappa shape index (κ2) is 26.6. The van der Waals surface area contributed by atoms with Gasteiger partial charge in [0, 0.05) is 0 Å². The Bertz CT molecular complexity index is 4460. The van der Waals surface area contributed by atoms with E-state index < -0.39 is 0 Å². The molecule has 0 saturated carbocycles. The highest BCUT2D eigenvalue weighted by Gasteiger charge is 2.17. The molecule has 450 valence electrons. The first kappa shape index (κ1) is 58.6. The first-order valence-electron chi connectivity index (χ1n) is 33.1. The second-order valence-corrected chi connectivity index (χ2v) is 24.9. The van der Waals surface area contributed by atoms with Gasteiger partial charge in [0.15, 0.2) is 0 Å². The Kier molecular flexibility index (Phi) is 16.2. The average molecular weight is 1220 g/mol. The SMILES string of the molecule is c1ccc(-c2ccc(-c3cc(-c4ccc(-c5ccccc5)cc4)cc(-c4cc(-c5cc(-c6ccc(-c7ccccc7)cc6)cc(-c6ccc(-c7ccccc7)cc6)c5)cc(-c5cc(-c6ccc(-c7ccccc7)cc6)cc(-c6ccc(-c7ccccc7)cc6)c5)c4)c3)cc2)cc1. The Morgan fingerprint density at radius 2 is 0.135 bits per heavy atom. The van der Waals surface area contributed by atoms with Gasteiger partial charge in [-0.1, -0.05) is 328 Å². The predicted molar refractivity (Wildman–Crippen MR) is 408 cm³/mol. The summed E-state index contributed by atoms with van der Waals surface area (Å²) in [5.41, 5.74) is 34.8. The first-order chi connectivity index (χ1) is 47.5. The zero-order chi connectivity index (χ0) is 64.0. The minimum absolute atomic E-state index is 1.12. The molecule has 0 nitrogen and oxygen atoms in total. The van der Waals surface area contributed by atoms with Crippen LogP contribution in [0.3, 0.4) is 0 Å². The van der Waals surface area contributed by atoms with Crippen molar-refractivity contribution in [2.75, 3.05) is 0 Å². The third kappa shape index (κ3) is 12.8. The Labute approximate surface area is 563 Å². The van der Waals surface area contributed by atoms with Gasteiger partial charge in [-0.15, -0.1) is 0 Å². The summed E-state index contributed by atoms with van der Waals surface area (Å²) in [4.78, 5) is 0. The Hall–Kier alpha value is -12.5. The summed E-state index contributed by atoms with van der Waals surface area (Å²) in [5.74, 6) is 0. The van der Waals surface area contributed by atoms with Crippen molar-refractivity contribution in [2.45, 2.75) is 0 Å². The van der Waals surface area contributed by atoms with Crippen molar-refractivity contribution in [2.24, 2.45) is 0 Å². The molecule has 96 heavy (non-hydrogen) atoms. The maximum Gasteiger partial charge on any atom is -0.0171 e. The molecule has 16 rings (SSSR count). The fourth-order valence-electron chi connectivity index (χ4n) is 13.4. The van der Waals surface area contributed by atoms with Gasteiger partial charge < -0.3 is 0 Å². The van der Waals surface area contributed by atoms with Gasteiger partial charge >= 0.3 is 0 Å². The lowest BCUT2D eigenvalue weighted by Gasteiger charge is -2.18. The van der Waals surface area contributed by atoms with Crippen molar-refractivity contribution < 1.29 is 0 Å². The molecule has 0 aliphatic heterocycles. The predicted octanol–water partition coefficient (Wildman–Crippen LogP) is 26.7. The van der Waals surface area contributed by atoms with Crippen LogP contribution in [-0.2, 0) is 0 Å². The lowest BCUT2D eigenvalue weighted by atomic mass is 9.86. The molecule has 0 N–H and O–H groups in total. The van der Waals surface area contributed by atoms with E-state index in [1.807, 2.05) is 0 Å². The summed E-state index contributed by atoms with van der Waals surface area (Å²) in [5, 5.41) is 0. The molecule has 0 fully saturated rings. The van der Waals surface area contributed by atoms with Crippen LogP contribution in [0.25, 0.3) is 167 Å². The normalized spacial score (nSPS) is 11.1. The van der Waals surface area contributed by atoms with Crippen molar-refractivity contribution in [3.8, 4) is 167 Å². The van der Waals surface area contributed by atoms with Crippen LogP contribution in [0.1, 0.15) is 0 Å². The molecule has 0 saturated heterocycles. The molecule has 16 aromatic carbocycles. The van der Waals surface area contributed by atoms with Gasteiger partial charge in [0.2, 0.25) is 0 Å². The molecule has 0 heterocycles. The van der Waals surface area contributed by atoms with Gasteiger partial charge in [-0.3, -0.25) is 0 Å². The van der Waals surface area contributed by atoms with Crippen molar-refractivity contribution in [3.63, 3.8) is 0 Å². The molecule has 0 heteroatoms. The maximum atomic E-state index is 2.43. The minimum Gasteiger partial charge on any atom is -0.0622 e. The van der Waals surface area contributed by atoms with Gasteiger partial charge in [-0.25, -0.2) is 0 Å². The lowest BCUT2D eigenvalue weighted by molar-refractivity contribution is 1.52. The molecule has 0 aliphatic carbocycles. The molecule has 0 aromatic heterocycles. The summed E-state index contributed by atoms with van der Waals surface area (Å²) in [7, 11) is 0. The molecule has 0 radical (unpaired) electrons. The van der Waals surface area contributed by atoms with Crippen LogP contribution in [0.2, 0.25) is 0 Å². The zero-order valence-electron chi connectivity index (χ0n) is 53.1. The van der Waals surface area contributed by atoms with Gasteiger partial charge in [0.05, 0.1) is 0 Å². The van der Waals surface area contributed by atoms with E-state index in [0.717, 1.165) is 100 Å². The van der Waals surface area contributed by atoms with Gasteiger partial charge in [-0.05, 0) is 240 Å². The standard InChI is InChI=1S/C96H66/c1-7-19-67(20-8-1)73-31-43-79(44-32-73)85-55-86(80-45-33-74(34-46-80)68-21-9-2-10-22-68)59-91(58-85)94-64-95(92-60-87(81-47-35-75(36-48-81)69-23-11-3-12-24-69)56-88(61-92)82-49-37-76(38-50-82)70-25-13-4-14-26-70)66-96(65-94)93-62-89(83-51-39-77(40-52-83)71-27-15-5-16-28-71)57-90(63-93)84-53-41-78(42-54-84)72-29-17-6-18-30-72/h1-66H. The van der Waals surface area contributed by atoms with E-state index in [-0.39, 0.29) is 0 Å². The zero-order valence-corrected chi connectivity index (χ0v) is 53.1. The molecular formula is C96H66. The van der Waals surface area contributed by atoms with Crippen molar-refractivity contribution in [1.82, 2.24) is 0 Å². The maximum absolute atomic E-state index is 2.43. The Morgan fingerprint density at radius 1 is 0.0625 bits per heavy atom. The summed E-state index contributed by atoms with van der Waals surface area (Å²) in [6, 6.07) is 147. The van der Waals surface area contributed by atoms with Crippen LogP contribution >= 0.6 is 0 Å². The quantitative estimate of drug-likeness (QED) is 0.0960. The van der Waals surface area contributed by atoms with Crippen LogP contribution in [0.15, 0.2) is 400 Å². The number of benzene rings is 16. The molecule has 0 atom stereocenters. The van der Waals surface area contributed by atoms with Gasteiger partial charge in [-0.2, -0.15) is 0 Å². The van der Waals surface area contributed by atoms with E-state index in [0.29, 0.717) is 0 Å². The molecule has 16 aromatic rings. The average Bonchev–Trinajstić information content (AvgIpc) is 0.798. The minimum atomic E-state index is 1.12. The molecule has 0 unspecified atom stereocenters. The topological polar surface area (TPSA) is 0 Å². The van der Waals surface area contributed by atoms with Crippen molar-refractivity contribution in [3.05, 3.63) is 400 Å². The third-order valence-electron chi connectivity index (χ3n) is 18.7. The Balaban J connectivity index is 0.910.